The van der Waals surface area contributed by atoms with Crippen molar-refractivity contribution in [1.29, 1.82) is 5.26 Å². The molecule has 0 fully saturated rings. The Morgan fingerprint density at radius 1 is 1.00 bits per heavy atom. The van der Waals surface area contributed by atoms with Gasteiger partial charge in [-0.05, 0) is 43.2 Å². The number of aryl methyl sites for hydroxylation is 1. The number of hydrogen-bond donors (Lipinski definition) is 2. The molecule has 2 rings (SSSR count). The number of nitrogens with one attached hydrogen (secondary N) is 2. The number of amides is 2. The van der Waals surface area contributed by atoms with E-state index in [1.165, 1.54) is 0 Å². The van der Waals surface area contributed by atoms with E-state index in [4.69, 9.17) is 10.00 Å². The van der Waals surface area contributed by atoms with Gasteiger partial charge in [0.05, 0.1) is 17.4 Å². The van der Waals surface area contributed by atoms with Crippen LogP contribution in [0.4, 0.5) is 11.4 Å². The van der Waals surface area contributed by atoms with Crippen LogP contribution >= 0.6 is 0 Å². The highest BCUT2D eigenvalue weighted by Crippen LogP contribution is 2.22. The largest absolute Gasteiger partial charge is 0.483 e. The third-order valence-electron chi connectivity index (χ3n) is 3.63. The Morgan fingerprint density at radius 3 is 2.28 bits per heavy atom. The number of ether oxygens (including phenoxy) is 1. The average Bonchev–Trinajstić information content (AvgIpc) is 2.58. The molecule has 0 spiro atoms. The second-order valence-electron chi connectivity index (χ2n) is 5.46. The van der Waals surface area contributed by atoms with E-state index < -0.39 is 5.91 Å². The highest BCUT2D eigenvalue weighted by atomic mass is 16.5. The van der Waals surface area contributed by atoms with Crippen molar-refractivity contribution in [3.05, 3.63) is 53.6 Å². The molecule has 2 aromatic carbocycles. The van der Waals surface area contributed by atoms with Gasteiger partial charge in [-0.3, -0.25) is 9.59 Å². The molecule has 0 aliphatic heterocycles. The zero-order valence-corrected chi connectivity index (χ0v) is 14.1. The van der Waals surface area contributed by atoms with E-state index in [0.717, 1.165) is 11.1 Å². The van der Waals surface area contributed by atoms with Crippen molar-refractivity contribution < 1.29 is 14.3 Å². The van der Waals surface area contributed by atoms with Gasteiger partial charge in [0.1, 0.15) is 12.2 Å². The molecule has 0 heterocycles. The molecule has 0 aliphatic carbocycles. The lowest BCUT2D eigenvalue weighted by Gasteiger charge is -2.13. The van der Waals surface area contributed by atoms with Crippen LogP contribution in [-0.4, -0.2) is 18.4 Å². The van der Waals surface area contributed by atoms with Crippen molar-refractivity contribution in [2.45, 2.75) is 20.3 Å². The maximum atomic E-state index is 12.1. The number of anilines is 2. The van der Waals surface area contributed by atoms with E-state index in [0.29, 0.717) is 17.1 Å². The summed E-state index contributed by atoms with van der Waals surface area (Å²) in [4.78, 5) is 23.7. The zero-order valence-electron chi connectivity index (χ0n) is 14.1. The van der Waals surface area contributed by atoms with Crippen LogP contribution in [-0.2, 0) is 9.59 Å². The number of para-hydroxylation sites is 2. The van der Waals surface area contributed by atoms with Gasteiger partial charge in [0.25, 0.3) is 5.91 Å². The van der Waals surface area contributed by atoms with Crippen molar-refractivity contribution in [2.75, 3.05) is 17.2 Å². The minimum Gasteiger partial charge on any atom is -0.483 e. The van der Waals surface area contributed by atoms with Crippen LogP contribution in [0.25, 0.3) is 0 Å². The molecule has 2 amide bonds. The zero-order chi connectivity index (χ0) is 18.2. The summed E-state index contributed by atoms with van der Waals surface area (Å²) in [5, 5.41) is 13.8. The first kappa shape index (κ1) is 18.0. The Kier molecular flexibility index (Phi) is 6.13. The molecule has 6 nitrogen and oxygen atoms in total. The summed E-state index contributed by atoms with van der Waals surface area (Å²) in [7, 11) is 0. The third kappa shape index (κ3) is 5.08. The SMILES string of the molecule is Cc1cccc(OCC(=O)Nc2ccccc2NC(=O)CC#N)c1C. The standard InChI is InChI=1S/C19H19N3O3/c1-13-6-5-9-17(14(13)2)25-12-19(24)22-16-8-4-3-7-15(16)21-18(23)10-11-20/h3-9H,10,12H2,1-2H3,(H,21,23)(H,22,24). The maximum absolute atomic E-state index is 12.1. The highest BCUT2D eigenvalue weighted by Gasteiger charge is 2.10. The molecule has 6 heteroatoms. The van der Waals surface area contributed by atoms with E-state index in [2.05, 4.69) is 10.6 Å². The van der Waals surface area contributed by atoms with Crippen LogP contribution in [0, 0.1) is 25.2 Å². The Morgan fingerprint density at radius 2 is 1.64 bits per heavy atom. The van der Waals surface area contributed by atoms with Crippen LogP contribution in [0.5, 0.6) is 5.75 Å². The number of hydrogen-bond acceptors (Lipinski definition) is 4. The molecule has 2 N–H and O–H groups in total. The molecule has 0 aliphatic rings. The van der Waals surface area contributed by atoms with Gasteiger partial charge < -0.3 is 15.4 Å². The van der Waals surface area contributed by atoms with Gasteiger partial charge in [-0.25, -0.2) is 0 Å². The van der Waals surface area contributed by atoms with Crippen molar-refractivity contribution in [1.82, 2.24) is 0 Å². The van der Waals surface area contributed by atoms with Gasteiger partial charge in [-0.1, -0.05) is 24.3 Å². The number of nitriles is 1. The third-order valence-corrected chi connectivity index (χ3v) is 3.63. The quantitative estimate of drug-likeness (QED) is 0.847. The molecule has 2 aromatic rings. The molecular weight excluding hydrogens is 318 g/mol. The Balaban J connectivity index is 2.00. The van der Waals surface area contributed by atoms with Gasteiger partial charge in [-0.15, -0.1) is 0 Å². The summed E-state index contributed by atoms with van der Waals surface area (Å²) in [5.41, 5.74) is 2.95. The van der Waals surface area contributed by atoms with Crippen LogP contribution in [0.15, 0.2) is 42.5 Å². The number of benzene rings is 2. The van der Waals surface area contributed by atoms with E-state index in [1.807, 2.05) is 32.0 Å². The second-order valence-corrected chi connectivity index (χ2v) is 5.46. The summed E-state index contributed by atoms with van der Waals surface area (Å²) >= 11 is 0. The topological polar surface area (TPSA) is 91.2 Å². The monoisotopic (exact) mass is 337 g/mol. The molecule has 0 atom stereocenters. The molecule has 0 radical (unpaired) electrons. The van der Waals surface area contributed by atoms with Crippen molar-refractivity contribution in [3.8, 4) is 11.8 Å². The van der Waals surface area contributed by atoms with Crippen LogP contribution in [0.3, 0.4) is 0 Å². The number of rotatable bonds is 6. The van der Waals surface area contributed by atoms with E-state index in [-0.39, 0.29) is 18.9 Å². The van der Waals surface area contributed by atoms with E-state index in [9.17, 15) is 9.59 Å². The molecule has 0 saturated heterocycles. The predicted molar refractivity (Wildman–Crippen MR) is 95.3 cm³/mol. The van der Waals surface area contributed by atoms with Gasteiger partial charge in [0.2, 0.25) is 5.91 Å². The van der Waals surface area contributed by atoms with Gasteiger partial charge in [0, 0.05) is 0 Å². The predicted octanol–water partition coefficient (Wildman–Crippen LogP) is 3.17. The average molecular weight is 337 g/mol. The lowest BCUT2D eigenvalue weighted by molar-refractivity contribution is -0.118. The molecule has 128 valence electrons. The molecular formula is C19H19N3O3. The lowest BCUT2D eigenvalue weighted by atomic mass is 10.1. The molecule has 25 heavy (non-hydrogen) atoms. The first-order valence-corrected chi connectivity index (χ1v) is 7.76. The molecule has 0 aromatic heterocycles. The summed E-state index contributed by atoms with van der Waals surface area (Å²) in [6.07, 6.45) is -0.252. The second kappa shape index (κ2) is 8.50. The summed E-state index contributed by atoms with van der Waals surface area (Å²) < 4.78 is 5.57. The number of carbonyl (C=O) groups is 2. The van der Waals surface area contributed by atoms with Crippen LogP contribution in [0.2, 0.25) is 0 Å². The van der Waals surface area contributed by atoms with Crippen molar-refractivity contribution in [3.63, 3.8) is 0 Å². The summed E-state index contributed by atoms with van der Waals surface area (Å²) in [6.45, 7) is 3.76. The Labute approximate surface area is 146 Å². The lowest BCUT2D eigenvalue weighted by Crippen LogP contribution is -2.22. The normalized spacial score (nSPS) is 9.80. The minimum atomic E-state index is -0.434. The Hall–Kier alpha value is -3.33. The summed E-state index contributed by atoms with van der Waals surface area (Å²) in [5.74, 6) is -0.121. The fourth-order valence-electron chi connectivity index (χ4n) is 2.18. The number of nitrogens with zero attached hydrogens (tertiary/aromatic N) is 1. The van der Waals surface area contributed by atoms with Crippen LogP contribution in [0.1, 0.15) is 17.5 Å². The summed E-state index contributed by atoms with van der Waals surface area (Å²) in [6, 6.07) is 14.2. The fourth-order valence-corrected chi connectivity index (χ4v) is 2.18. The highest BCUT2D eigenvalue weighted by molar-refractivity contribution is 6.00. The smallest absolute Gasteiger partial charge is 0.262 e. The first-order valence-electron chi connectivity index (χ1n) is 7.76. The van der Waals surface area contributed by atoms with Gasteiger partial charge in [-0.2, -0.15) is 5.26 Å². The van der Waals surface area contributed by atoms with Crippen molar-refractivity contribution >= 4 is 23.2 Å². The van der Waals surface area contributed by atoms with Crippen molar-refractivity contribution in [2.24, 2.45) is 0 Å². The minimum absolute atomic E-state index is 0.148. The van der Waals surface area contributed by atoms with Crippen LogP contribution < -0.4 is 15.4 Å². The van der Waals surface area contributed by atoms with Gasteiger partial charge in [0.15, 0.2) is 6.61 Å². The van der Waals surface area contributed by atoms with E-state index >= 15 is 0 Å². The Bertz CT molecular complexity index is 825. The molecule has 0 unspecified atom stereocenters. The maximum Gasteiger partial charge on any atom is 0.262 e. The van der Waals surface area contributed by atoms with Gasteiger partial charge >= 0.3 is 0 Å². The molecule has 0 saturated carbocycles. The number of carbonyl (C=O) groups excluding carboxylic acids is 2. The molecule has 0 bridgehead atoms. The first-order chi connectivity index (χ1) is 12.0. The fraction of sp³-hybridized carbons (Fsp3) is 0.211. The van der Waals surface area contributed by atoms with E-state index in [1.54, 1.807) is 30.3 Å².